The predicted octanol–water partition coefficient (Wildman–Crippen LogP) is 6.41. The van der Waals surface area contributed by atoms with Gasteiger partial charge in [-0.15, -0.1) is 0 Å². The first-order valence-electron chi connectivity index (χ1n) is 18.4. The maximum Gasteiger partial charge on any atom is 0.410 e. The fourth-order valence-electron chi connectivity index (χ4n) is 8.76. The highest BCUT2D eigenvalue weighted by molar-refractivity contribution is 5.94. The van der Waals surface area contributed by atoms with Gasteiger partial charge in [-0.25, -0.2) is 14.8 Å². The second-order valence-corrected chi connectivity index (χ2v) is 16.1. The van der Waals surface area contributed by atoms with Crippen LogP contribution in [0.15, 0.2) is 43.0 Å². The third-order valence-corrected chi connectivity index (χ3v) is 12.2. The summed E-state index contributed by atoms with van der Waals surface area (Å²) in [6.45, 7) is 7.44. The molecule has 268 valence electrons. The van der Waals surface area contributed by atoms with E-state index in [-0.39, 0.29) is 29.3 Å². The molecule has 11 heteroatoms. The lowest BCUT2D eigenvalue weighted by atomic mass is 9.51. The molecule has 2 bridgehead atoms. The summed E-state index contributed by atoms with van der Waals surface area (Å²) in [4.78, 5) is 39.6. The Kier molecular flexibility index (Phi) is 9.39. The van der Waals surface area contributed by atoms with Gasteiger partial charge in [0, 0.05) is 30.3 Å². The molecule has 5 aliphatic rings. The van der Waals surface area contributed by atoms with E-state index in [2.05, 4.69) is 35.2 Å². The second-order valence-electron chi connectivity index (χ2n) is 16.1. The normalized spacial score (nSPS) is 24.1. The number of β-amino-alcohol motifs (C(OH)–C–C–N with tert-alkyl or cyclic N) is 1. The molecule has 4 aliphatic carbocycles. The zero-order chi connectivity index (χ0) is 35.1. The SMILES string of the molecule is COc1ccc(C23CCC(CN(C(=O)C4CCCCC4)c4cc(-c5cnn(C(C)(C)COC(=O)N6CC(O)C6)c5)ncn4)(CC2)CC3)cc1C. The number of hydrogen-bond acceptors (Lipinski definition) is 8. The smallest absolute Gasteiger partial charge is 0.410 e. The number of aliphatic hydroxyl groups excluding tert-OH is 1. The Balaban J connectivity index is 1.09. The molecule has 5 fully saturated rings. The molecule has 50 heavy (non-hydrogen) atoms. The standard InChI is InChI=1S/C39H52N6O5/c1-27-18-30(10-11-33(27)49-4)39-15-12-38(13-16-39,14-17-39)24-44(35(47)28-8-6-5-7-9-28)34-19-32(40-26-41-34)29-20-42-45(21-29)37(2,3)25-50-36(48)43-22-31(46)23-43/h10-11,18-21,26,28,31,46H,5-9,12-17,22-25H2,1-4H3. The Bertz CT molecular complexity index is 1680. The Morgan fingerprint density at radius 3 is 2.40 bits per heavy atom. The van der Waals surface area contributed by atoms with Crippen molar-refractivity contribution < 1.29 is 24.2 Å². The molecule has 1 saturated heterocycles. The van der Waals surface area contributed by atoms with Gasteiger partial charge in [0.2, 0.25) is 5.91 Å². The van der Waals surface area contributed by atoms with Crippen LogP contribution < -0.4 is 9.64 Å². The minimum absolute atomic E-state index is 0.0258. The van der Waals surface area contributed by atoms with Crippen molar-refractivity contribution in [3.8, 4) is 17.0 Å². The van der Waals surface area contributed by atoms with Crippen molar-refractivity contribution >= 4 is 17.8 Å². The summed E-state index contributed by atoms with van der Waals surface area (Å²) in [7, 11) is 1.73. The maximum atomic E-state index is 14.4. The lowest BCUT2D eigenvalue weighted by Crippen LogP contribution is -2.54. The van der Waals surface area contributed by atoms with Gasteiger partial charge < -0.3 is 19.5 Å². The fraction of sp³-hybridized carbons (Fsp3) is 0.615. The van der Waals surface area contributed by atoms with Crippen molar-refractivity contribution in [2.45, 2.75) is 108 Å². The summed E-state index contributed by atoms with van der Waals surface area (Å²) >= 11 is 0. The number of amides is 2. The van der Waals surface area contributed by atoms with Crippen molar-refractivity contribution in [2.24, 2.45) is 11.3 Å². The van der Waals surface area contributed by atoms with E-state index in [1.54, 1.807) is 24.3 Å². The molecule has 8 rings (SSSR count). The molecule has 1 aromatic carbocycles. The maximum absolute atomic E-state index is 14.4. The molecule has 2 aromatic heterocycles. The zero-order valence-corrected chi connectivity index (χ0v) is 30.1. The molecular weight excluding hydrogens is 632 g/mol. The first kappa shape index (κ1) is 34.5. The second kappa shape index (κ2) is 13.6. The number of carbonyl (C=O) groups is 2. The summed E-state index contributed by atoms with van der Waals surface area (Å²) in [6, 6.07) is 8.65. The average Bonchev–Trinajstić information content (AvgIpc) is 3.64. The van der Waals surface area contributed by atoms with Crippen LogP contribution in [0.4, 0.5) is 10.6 Å². The largest absolute Gasteiger partial charge is 0.496 e. The van der Waals surface area contributed by atoms with Crippen LogP contribution in [-0.4, -0.2) is 81.2 Å². The van der Waals surface area contributed by atoms with Crippen LogP contribution in [0.25, 0.3) is 11.3 Å². The van der Waals surface area contributed by atoms with Crippen molar-refractivity contribution in [3.63, 3.8) is 0 Å². The van der Waals surface area contributed by atoms with Crippen molar-refractivity contribution in [3.05, 3.63) is 54.1 Å². The van der Waals surface area contributed by atoms with E-state index in [0.717, 1.165) is 75.5 Å². The van der Waals surface area contributed by atoms with Gasteiger partial charge in [-0.3, -0.25) is 14.4 Å². The number of anilines is 1. The molecule has 0 atom stereocenters. The van der Waals surface area contributed by atoms with E-state index in [9.17, 15) is 14.7 Å². The molecule has 0 radical (unpaired) electrons. The molecule has 11 nitrogen and oxygen atoms in total. The topological polar surface area (TPSA) is 123 Å². The number of hydrogen-bond donors (Lipinski definition) is 1. The van der Waals surface area contributed by atoms with E-state index in [1.807, 2.05) is 31.0 Å². The highest BCUT2D eigenvalue weighted by Gasteiger charge is 2.51. The van der Waals surface area contributed by atoms with E-state index < -0.39 is 17.7 Å². The van der Waals surface area contributed by atoms with Crippen LogP contribution in [0.1, 0.15) is 95.6 Å². The molecule has 0 spiro atoms. The third kappa shape index (κ3) is 6.73. The van der Waals surface area contributed by atoms with Crippen molar-refractivity contribution in [1.82, 2.24) is 24.6 Å². The quantitative estimate of drug-likeness (QED) is 0.260. The van der Waals surface area contributed by atoms with E-state index >= 15 is 0 Å². The van der Waals surface area contributed by atoms with Crippen LogP contribution in [0, 0.1) is 18.3 Å². The monoisotopic (exact) mass is 684 g/mol. The number of methoxy groups -OCH3 is 1. The number of aryl methyl sites for hydroxylation is 1. The van der Waals surface area contributed by atoms with E-state index in [1.165, 1.54) is 22.4 Å². The number of nitrogens with zero attached hydrogens (tertiary/aromatic N) is 6. The van der Waals surface area contributed by atoms with Gasteiger partial charge in [0.05, 0.1) is 43.7 Å². The minimum atomic E-state index is -0.614. The van der Waals surface area contributed by atoms with E-state index in [0.29, 0.717) is 31.1 Å². The molecule has 0 unspecified atom stereocenters. The van der Waals surface area contributed by atoms with Gasteiger partial charge in [0.1, 0.15) is 24.5 Å². The van der Waals surface area contributed by atoms with Gasteiger partial charge in [-0.1, -0.05) is 31.4 Å². The zero-order valence-electron chi connectivity index (χ0n) is 30.1. The number of aromatic nitrogens is 4. The minimum Gasteiger partial charge on any atom is -0.496 e. The Hall–Kier alpha value is -3.99. The lowest BCUT2D eigenvalue weighted by molar-refractivity contribution is -0.124. The highest BCUT2D eigenvalue weighted by atomic mass is 16.6. The summed E-state index contributed by atoms with van der Waals surface area (Å²) < 4.78 is 12.9. The summed E-state index contributed by atoms with van der Waals surface area (Å²) in [5.74, 6) is 1.82. The van der Waals surface area contributed by atoms with Crippen LogP contribution in [0.5, 0.6) is 5.75 Å². The number of rotatable bonds is 10. The highest BCUT2D eigenvalue weighted by Crippen LogP contribution is 2.58. The van der Waals surface area contributed by atoms with Gasteiger partial charge in [-0.05, 0) is 100 Å². The first-order chi connectivity index (χ1) is 24.0. The predicted molar refractivity (Wildman–Crippen MR) is 190 cm³/mol. The molecule has 3 aromatic rings. The molecule has 1 aliphatic heterocycles. The van der Waals surface area contributed by atoms with Gasteiger partial charge in [-0.2, -0.15) is 5.10 Å². The van der Waals surface area contributed by atoms with Crippen LogP contribution >= 0.6 is 0 Å². The number of benzene rings is 1. The average molecular weight is 685 g/mol. The molecule has 4 saturated carbocycles. The first-order valence-corrected chi connectivity index (χ1v) is 18.4. The van der Waals surface area contributed by atoms with Crippen molar-refractivity contribution in [1.29, 1.82) is 0 Å². The van der Waals surface area contributed by atoms with Gasteiger partial charge >= 0.3 is 6.09 Å². The lowest BCUT2D eigenvalue weighted by Gasteiger charge is -2.55. The fourth-order valence-corrected chi connectivity index (χ4v) is 8.76. The van der Waals surface area contributed by atoms with Gasteiger partial charge in [0.15, 0.2) is 0 Å². The van der Waals surface area contributed by atoms with Crippen LogP contribution in [0.2, 0.25) is 0 Å². The number of likely N-dealkylation sites (tertiary alicyclic amines) is 1. The Morgan fingerprint density at radius 1 is 1.02 bits per heavy atom. The number of carbonyl (C=O) groups excluding carboxylic acids is 2. The Morgan fingerprint density at radius 2 is 1.74 bits per heavy atom. The molecule has 2 amide bonds. The van der Waals surface area contributed by atoms with Crippen LogP contribution in [-0.2, 0) is 20.5 Å². The molecular formula is C39H52N6O5. The summed E-state index contributed by atoms with van der Waals surface area (Å²) in [6.07, 6.45) is 16.2. The summed E-state index contributed by atoms with van der Waals surface area (Å²) in [5.41, 5.74) is 3.77. The van der Waals surface area contributed by atoms with Crippen molar-refractivity contribution in [2.75, 3.05) is 38.3 Å². The Labute approximate surface area is 295 Å². The number of fused-ring (bicyclic) bond motifs is 3. The number of ether oxygens (including phenoxy) is 2. The summed E-state index contributed by atoms with van der Waals surface area (Å²) in [5, 5.41) is 14.1. The van der Waals surface area contributed by atoms with Gasteiger partial charge in [0.25, 0.3) is 0 Å². The molecule has 3 heterocycles. The third-order valence-electron chi connectivity index (χ3n) is 12.2. The van der Waals surface area contributed by atoms with Crippen LogP contribution in [0.3, 0.4) is 0 Å². The van der Waals surface area contributed by atoms with E-state index in [4.69, 9.17) is 14.5 Å². The number of aliphatic hydroxyl groups is 1. The molecule has 1 N–H and O–H groups in total.